The summed E-state index contributed by atoms with van der Waals surface area (Å²) in [5, 5.41) is 11.6. The largest absolute Gasteiger partial charge is 0.507 e. The van der Waals surface area contributed by atoms with Gasteiger partial charge >= 0.3 is 5.97 Å². The molecule has 0 radical (unpaired) electrons. The molecule has 1 amide bonds. The van der Waals surface area contributed by atoms with Crippen molar-refractivity contribution < 1.29 is 33.7 Å². The number of rotatable bonds is 11. The number of nitrogens with zero attached hydrogens (tertiary/aromatic N) is 2. The Kier molecular flexibility index (Phi) is 9.22. The van der Waals surface area contributed by atoms with Crippen LogP contribution in [0.1, 0.15) is 59.7 Å². The third-order valence-electron chi connectivity index (χ3n) is 6.97. The molecule has 206 valence electrons. The van der Waals surface area contributed by atoms with Gasteiger partial charge in [-0.2, -0.15) is 0 Å². The normalized spacial score (nSPS) is 16.8. The minimum atomic E-state index is -0.935. The molecule has 1 saturated heterocycles. The number of para-hydroxylation sites is 1. The number of benzene rings is 1. The predicted octanol–water partition coefficient (Wildman–Crippen LogP) is 3.59. The van der Waals surface area contributed by atoms with Crippen molar-refractivity contribution in [3.8, 4) is 11.5 Å². The second-order valence-electron chi connectivity index (χ2n) is 8.95. The van der Waals surface area contributed by atoms with Gasteiger partial charge in [-0.15, -0.1) is 0 Å². The smallest absolute Gasteiger partial charge is 0.355 e. The van der Waals surface area contributed by atoms with Gasteiger partial charge in [-0.05, 0) is 45.5 Å². The molecule has 0 bridgehead atoms. The van der Waals surface area contributed by atoms with Crippen molar-refractivity contribution in [1.29, 1.82) is 0 Å². The number of H-pyrrole nitrogens is 1. The van der Waals surface area contributed by atoms with Crippen LogP contribution in [0.4, 0.5) is 0 Å². The Hall–Kier alpha value is -3.79. The first-order valence-electron chi connectivity index (χ1n) is 12.7. The summed E-state index contributed by atoms with van der Waals surface area (Å²) in [5.41, 5.74) is 1.77. The molecule has 2 aromatic rings. The predicted molar refractivity (Wildman–Crippen MR) is 143 cm³/mol. The molecule has 1 aromatic carbocycles. The standard InChI is InChI=1S/C28H37N3O7/c1-8-30(9-2)14-15-31-23(18-12-11-13-19(36-6)26(18)37-7)21(25(33)27(31)34)24(32)20-16(4)22(29-17(20)5)28(35)38-10-3/h11-13,23,29,32H,8-10,14-15H2,1-7H3/b24-21+. The Morgan fingerprint density at radius 2 is 1.79 bits per heavy atom. The van der Waals surface area contributed by atoms with Crippen LogP contribution in [0.25, 0.3) is 5.76 Å². The summed E-state index contributed by atoms with van der Waals surface area (Å²) in [6.45, 7) is 11.6. The molecule has 0 spiro atoms. The first kappa shape index (κ1) is 28.8. The molecule has 1 unspecified atom stereocenters. The van der Waals surface area contributed by atoms with Gasteiger partial charge in [-0.25, -0.2) is 4.79 Å². The molecular weight excluding hydrogens is 490 g/mol. The van der Waals surface area contributed by atoms with Gasteiger partial charge in [0, 0.05) is 29.9 Å². The number of carbonyl (C=O) groups is 3. The van der Waals surface area contributed by atoms with Gasteiger partial charge in [0.15, 0.2) is 11.5 Å². The first-order valence-corrected chi connectivity index (χ1v) is 12.7. The highest BCUT2D eigenvalue weighted by Crippen LogP contribution is 2.46. The van der Waals surface area contributed by atoms with Crippen LogP contribution in [0.3, 0.4) is 0 Å². The number of aromatic amines is 1. The third kappa shape index (κ3) is 5.13. The maximum atomic E-state index is 13.5. The number of esters is 1. The maximum Gasteiger partial charge on any atom is 0.355 e. The molecule has 1 aromatic heterocycles. The number of aliphatic hydroxyl groups is 1. The second kappa shape index (κ2) is 12.2. The number of amides is 1. The molecule has 1 atom stereocenters. The lowest BCUT2D eigenvalue weighted by atomic mass is 9.93. The number of aliphatic hydroxyl groups excluding tert-OH is 1. The van der Waals surface area contributed by atoms with Gasteiger partial charge in [0.1, 0.15) is 11.5 Å². The summed E-state index contributed by atoms with van der Waals surface area (Å²) >= 11 is 0. The fraction of sp³-hybridized carbons (Fsp3) is 0.464. The minimum Gasteiger partial charge on any atom is -0.507 e. The van der Waals surface area contributed by atoms with Crippen LogP contribution in [0.5, 0.6) is 11.5 Å². The zero-order valence-electron chi connectivity index (χ0n) is 23.1. The third-order valence-corrected chi connectivity index (χ3v) is 6.97. The van der Waals surface area contributed by atoms with E-state index in [1.165, 1.54) is 19.1 Å². The Bertz CT molecular complexity index is 1240. The van der Waals surface area contributed by atoms with Crippen molar-refractivity contribution in [2.75, 3.05) is 47.0 Å². The number of ether oxygens (including phenoxy) is 3. The summed E-state index contributed by atoms with van der Waals surface area (Å²) in [7, 11) is 2.98. The number of aromatic nitrogens is 1. The lowest BCUT2D eigenvalue weighted by Crippen LogP contribution is -2.38. The minimum absolute atomic E-state index is 0.0818. The van der Waals surface area contributed by atoms with Gasteiger partial charge in [0.2, 0.25) is 0 Å². The lowest BCUT2D eigenvalue weighted by Gasteiger charge is -2.29. The van der Waals surface area contributed by atoms with Crippen LogP contribution in [0.15, 0.2) is 23.8 Å². The molecule has 2 heterocycles. The van der Waals surface area contributed by atoms with E-state index in [0.717, 1.165) is 13.1 Å². The quantitative estimate of drug-likeness (QED) is 0.197. The van der Waals surface area contributed by atoms with E-state index in [1.54, 1.807) is 39.0 Å². The molecule has 38 heavy (non-hydrogen) atoms. The van der Waals surface area contributed by atoms with Gasteiger partial charge in [-0.3, -0.25) is 9.59 Å². The SMILES string of the molecule is CCOC(=O)c1[nH]c(C)c(/C(O)=C2\C(=O)C(=O)N(CCN(CC)CC)C2c2cccc(OC)c2OC)c1C. The average Bonchev–Trinajstić information content (AvgIpc) is 3.35. The van der Waals surface area contributed by atoms with E-state index in [4.69, 9.17) is 14.2 Å². The number of ketones is 1. The van der Waals surface area contributed by atoms with E-state index in [0.29, 0.717) is 34.9 Å². The fourth-order valence-corrected chi connectivity index (χ4v) is 5.00. The van der Waals surface area contributed by atoms with Gasteiger partial charge in [-0.1, -0.05) is 26.0 Å². The fourth-order valence-electron chi connectivity index (χ4n) is 5.00. The summed E-state index contributed by atoms with van der Waals surface area (Å²) < 4.78 is 16.3. The zero-order valence-corrected chi connectivity index (χ0v) is 23.1. The maximum absolute atomic E-state index is 13.5. The molecular formula is C28H37N3O7. The van der Waals surface area contributed by atoms with Crippen LogP contribution in [-0.2, 0) is 14.3 Å². The Morgan fingerprint density at radius 3 is 2.37 bits per heavy atom. The van der Waals surface area contributed by atoms with Crippen LogP contribution in [0.2, 0.25) is 0 Å². The van der Waals surface area contributed by atoms with Gasteiger partial charge in [0.25, 0.3) is 11.7 Å². The van der Waals surface area contributed by atoms with E-state index in [1.807, 2.05) is 13.8 Å². The zero-order chi connectivity index (χ0) is 28.1. The van der Waals surface area contributed by atoms with Crippen LogP contribution >= 0.6 is 0 Å². The Morgan fingerprint density at radius 1 is 1.11 bits per heavy atom. The van der Waals surface area contributed by atoms with Crippen molar-refractivity contribution in [2.24, 2.45) is 0 Å². The number of hydrogen-bond donors (Lipinski definition) is 2. The van der Waals surface area contributed by atoms with E-state index in [-0.39, 0.29) is 35.7 Å². The highest BCUT2D eigenvalue weighted by molar-refractivity contribution is 6.46. The molecule has 1 fully saturated rings. The van der Waals surface area contributed by atoms with Crippen LogP contribution in [0, 0.1) is 13.8 Å². The molecule has 1 aliphatic rings. The number of methoxy groups -OCH3 is 2. The molecule has 10 heteroatoms. The summed E-state index contributed by atoms with van der Waals surface area (Å²) in [4.78, 5) is 46.0. The number of nitrogens with one attached hydrogen (secondary N) is 1. The summed E-state index contributed by atoms with van der Waals surface area (Å²) in [6.07, 6.45) is 0. The second-order valence-corrected chi connectivity index (χ2v) is 8.95. The average molecular weight is 528 g/mol. The number of likely N-dealkylation sites (tertiary alicyclic amines) is 1. The van der Waals surface area contributed by atoms with Crippen LogP contribution in [-0.4, -0.2) is 84.6 Å². The highest BCUT2D eigenvalue weighted by Gasteiger charge is 2.47. The number of likely N-dealkylation sites (N-methyl/N-ethyl adjacent to an activating group) is 1. The van der Waals surface area contributed by atoms with Crippen molar-refractivity contribution in [3.63, 3.8) is 0 Å². The topological polar surface area (TPSA) is 121 Å². The summed E-state index contributed by atoms with van der Waals surface area (Å²) in [5.74, 6) is -1.68. The monoisotopic (exact) mass is 527 g/mol. The van der Waals surface area contributed by atoms with Gasteiger partial charge < -0.3 is 34.1 Å². The molecule has 1 aliphatic heterocycles. The Balaban J connectivity index is 2.26. The molecule has 10 nitrogen and oxygen atoms in total. The molecule has 3 rings (SSSR count). The van der Waals surface area contributed by atoms with Crippen molar-refractivity contribution in [3.05, 3.63) is 51.9 Å². The Labute approximate surface area is 223 Å². The van der Waals surface area contributed by atoms with E-state index in [9.17, 15) is 19.5 Å². The van der Waals surface area contributed by atoms with Crippen LogP contribution < -0.4 is 9.47 Å². The number of aryl methyl sites for hydroxylation is 1. The van der Waals surface area contributed by atoms with E-state index in [2.05, 4.69) is 9.88 Å². The highest BCUT2D eigenvalue weighted by atomic mass is 16.5. The van der Waals surface area contributed by atoms with E-state index < -0.39 is 23.7 Å². The number of carbonyl (C=O) groups excluding carboxylic acids is 3. The first-order chi connectivity index (χ1) is 18.2. The van der Waals surface area contributed by atoms with Crippen molar-refractivity contribution >= 4 is 23.4 Å². The van der Waals surface area contributed by atoms with Crippen molar-refractivity contribution in [1.82, 2.24) is 14.8 Å². The lowest BCUT2D eigenvalue weighted by molar-refractivity contribution is -0.140. The number of hydrogen-bond acceptors (Lipinski definition) is 8. The molecule has 2 N–H and O–H groups in total. The summed E-state index contributed by atoms with van der Waals surface area (Å²) in [6, 6.07) is 4.27. The van der Waals surface area contributed by atoms with Gasteiger partial charge in [0.05, 0.1) is 32.4 Å². The van der Waals surface area contributed by atoms with E-state index >= 15 is 0 Å². The number of Topliss-reactive ketones (excluding diaryl/α,β-unsaturated/α-hetero) is 1. The van der Waals surface area contributed by atoms with Crippen molar-refractivity contribution in [2.45, 2.75) is 40.7 Å². The molecule has 0 saturated carbocycles. The molecule has 0 aliphatic carbocycles.